The molecule has 1 fully saturated rings. The van der Waals surface area contributed by atoms with Crippen LogP contribution in [0.5, 0.6) is 0 Å². The number of benzene rings is 1. The van der Waals surface area contributed by atoms with Gasteiger partial charge in [0.15, 0.2) is 0 Å². The van der Waals surface area contributed by atoms with E-state index < -0.39 is 12.0 Å². The zero-order valence-corrected chi connectivity index (χ0v) is 10.4. The fraction of sp³-hybridized carbons (Fsp3) is 0.500. The minimum absolute atomic E-state index is 0.125. The number of rotatable bonds is 3. The van der Waals surface area contributed by atoms with Gasteiger partial charge in [0, 0.05) is 6.04 Å². The molecule has 0 amide bonds. The molecule has 18 heavy (non-hydrogen) atoms. The lowest BCUT2D eigenvalue weighted by Crippen LogP contribution is -2.47. The lowest BCUT2D eigenvalue weighted by atomic mass is 9.92. The monoisotopic (exact) mass is 251 g/mol. The first kappa shape index (κ1) is 13.0. The summed E-state index contributed by atoms with van der Waals surface area (Å²) in [5, 5.41) is 12.1. The van der Waals surface area contributed by atoms with E-state index in [2.05, 4.69) is 5.32 Å². The van der Waals surface area contributed by atoms with Crippen molar-refractivity contribution in [3.8, 4) is 0 Å². The summed E-state index contributed by atoms with van der Waals surface area (Å²) < 4.78 is 13.2. The van der Waals surface area contributed by atoms with E-state index in [1.807, 2.05) is 6.92 Å². The van der Waals surface area contributed by atoms with E-state index in [9.17, 15) is 9.18 Å². The fourth-order valence-corrected chi connectivity index (χ4v) is 2.50. The Balaban J connectivity index is 2.04. The number of hydrogen-bond donors (Lipinski definition) is 2. The number of aliphatic carboxylic acids is 1. The zero-order valence-electron chi connectivity index (χ0n) is 10.4. The predicted octanol–water partition coefficient (Wildman–Crippen LogP) is 2.27. The Morgan fingerprint density at radius 3 is 3.00 bits per heavy atom. The summed E-state index contributed by atoms with van der Waals surface area (Å²) >= 11 is 0. The lowest BCUT2D eigenvalue weighted by Gasteiger charge is -2.29. The van der Waals surface area contributed by atoms with Crippen molar-refractivity contribution in [2.75, 3.05) is 0 Å². The van der Waals surface area contributed by atoms with Crippen LogP contribution in [0.2, 0.25) is 0 Å². The molecule has 0 bridgehead atoms. The highest BCUT2D eigenvalue weighted by atomic mass is 19.1. The molecule has 2 N–H and O–H groups in total. The average Bonchev–Trinajstić information content (AvgIpc) is 2.34. The molecule has 1 aromatic rings. The first-order chi connectivity index (χ1) is 8.56. The van der Waals surface area contributed by atoms with Crippen molar-refractivity contribution in [3.63, 3.8) is 0 Å². The Labute approximate surface area is 106 Å². The van der Waals surface area contributed by atoms with Crippen LogP contribution in [0, 0.1) is 12.7 Å². The number of piperidine rings is 1. The largest absolute Gasteiger partial charge is 0.480 e. The molecule has 0 aliphatic carbocycles. The third-order valence-electron chi connectivity index (χ3n) is 3.56. The third kappa shape index (κ3) is 3.07. The van der Waals surface area contributed by atoms with Crippen LogP contribution in [-0.4, -0.2) is 23.2 Å². The Kier molecular flexibility index (Phi) is 3.97. The highest BCUT2D eigenvalue weighted by Gasteiger charge is 2.26. The van der Waals surface area contributed by atoms with Gasteiger partial charge in [-0.25, -0.2) is 4.39 Å². The molecular weight excluding hydrogens is 233 g/mol. The molecule has 1 aliphatic heterocycles. The van der Waals surface area contributed by atoms with Gasteiger partial charge in [-0.05, 0) is 55.9 Å². The van der Waals surface area contributed by atoms with E-state index in [0.717, 1.165) is 24.0 Å². The van der Waals surface area contributed by atoms with Crippen molar-refractivity contribution in [2.24, 2.45) is 0 Å². The Morgan fingerprint density at radius 2 is 2.28 bits per heavy atom. The van der Waals surface area contributed by atoms with Crippen molar-refractivity contribution in [3.05, 3.63) is 35.1 Å². The number of aryl methyl sites for hydroxylation is 1. The Morgan fingerprint density at radius 1 is 1.50 bits per heavy atom. The number of carbonyl (C=O) groups is 1. The molecular formula is C14H18FNO2. The van der Waals surface area contributed by atoms with E-state index in [0.29, 0.717) is 12.8 Å². The first-order valence-corrected chi connectivity index (χ1v) is 6.30. The summed E-state index contributed by atoms with van der Waals surface area (Å²) in [5.41, 5.74) is 2.01. The van der Waals surface area contributed by atoms with Gasteiger partial charge >= 0.3 is 5.97 Å². The third-order valence-corrected chi connectivity index (χ3v) is 3.56. The van der Waals surface area contributed by atoms with Gasteiger partial charge in [-0.2, -0.15) is 0 Å². The van der Waals surface area contributed by atoms with E-state index in [1.165, 1.54) is 6.07 Å². The molecule has 0 spiro atoms. The minimum Gasteiger partial charge on any atom is -0.480 e. The molecule has 2 unspecified atom stereocenters. The van der Waals surface area contributed by atoms with Crippen molar-refractivity contribution in [1.29, 1.82) is 0 Å². The maximum Gasteiger partial charge on any atom is 0.320 e. The van der Waals surface area contributed by atoms with Crippen LogP contribution in [0.1, 0.15) is 30.4 Å². The first-order valence-electron chi connectivity index (χ1n) is 6.30. The highest BCUT2D eigenvalue weighted by Crippen LogP contribution is 2.19. The molecule has 1 saturated heterocycles. The van der Waals surface area contributed by atoms with Gasteiger partial charge in [-0.15, -0.1) is 0 Å². The summed E-state index contributed by atoms with van der Waals surface area (Å²) in [5.74, 6) is -1.03. The summed E-state index contributed by atoms with van der Waals surface area (Å²) in [6, 6.07) is 4.43. The smallest absolute Gasteiger partial charge is 0.320 e. The molecule has 0 aromatic heterocycles. The van der Waals surface area contributed by atoms with E-state index in [4.69, 9.17) is 5.11 Å². The second-order valence-electron chi connectivity index (χ2n) is 4.96. The molecule has 0 radical (unpaired) electrons. The quantitative estimate of drug-likeness (QED) is 0.866. The molecule has 3 nitrogen and oxygen atoms in total. The van der Waals surface area contributed by atoms with Gasteiger partial charge in [0.25, 0.3) is 0 Å². The van der Waals surface area contributed by atoms with Crippen LogP contribution in [-0.2, 0) is 11.2 Å². The number of nitrogens with one attached hydrogen (secondary N) is 1. The van der Waals surface area contributed by atoms with Crippen LogP contribution >= 0.6 is 0 Å². The number of halogens is 1. The second kappa shape index (κ2) is 5.48. The van der Waals surface area contributed by atoms with Crippen LogP contribution in [0.15, 0.2) is 18.2 Å². The minimum atomic E-state index is -0.796. The second-order valence-corrected chi connectivity index (χ2v) is 4.96. The van der Waals surface area contributed by atoms with E-state index >= 15 is 0 Å². The van der Waals surface area contributed by atoms with E-state index in [1.54, 1.807) is 12.1 Å². The van der Waals surface area contributed by atoms with Crippen LogP contribution in [0.25, 0.3) is 0 Å². The average molecular weight is 251 g/mol. The lowest BCUT2D eigenvalue weighted by molar-refractivity contribution is -0.140. The maximum absolute atomic E-state index is 13.2. The standard InChI is InChI=1S/C14H18FNO2/c1-9-5-6-11(15)7-10(9)8-12-3-2-4-13(16-12)14(17)18/h5-7,12-13,16H,2-4,8H2,1H3,(H,17,18). The molecule has 98 valence electrons. The van der Waals surface area contributed by atoms with Gasteiger partial charge in [-0.3, -0.25) is 4.79 Å². The Bertz CT molecular complexity index is 447. The summed E-state index contributed by atoms with van der Waals surface area (Å²) in [4.78, 5) is 11.0. The van der Waals surface area contributed by atoms with Crippen molar-refractivity contribution < 1.29 is 14.3 Å². The summed E-state index contributed by atoms with van der Waals surface area (Å²) in [6.07, 6.45) is 3.21. The van der Waals surface area contributed by atoms with Gasteiger partial charge in [0.2, 0.25) is 0 Å². The van der Waals surface area contributed by atoms with Crippen LogP contribution in [0.3, 0.4) is 0 Å². The van der Waals surface area contributed by atoms with E-state index in [-0.39, 0.29) is 11.9 Å². The normalized spacial score (nSPS) is 23.9. The van der Waals surface area contributed by atoms with Crippen molar-refractivity contribution >= 4 is 5.97 Å². The number of carboxylic acid groups (broad SMARTS) is 1. The summed E-state index contributed by atoms with van der Waals surface area (Å²) in [7, 11) is 0. The number of carboxylic acids is 1. The SMILES string of the molecule is Cc1ccc(F)cc1CC1CCCC(C(=O)O)N1. The molecule has 1 aliphatic rings. The van der Waals surface area contributed by atoms with Gasteiger partial charge in [-0.1, -0.05) is 6.07 Å². The van der Waals surface area contributed by atoms with Gasteiger partial charge < -0.3 is 10.4 Å². The van der Waals surface area contributed by atoms with Crippen molar-refractivity contribution in [2.45, 2.75) is 44.7 Å². The Hall–Kier alpha value is -1.42. The van der Waals surface area contributed by atoms with Gasteiger partial charge in [0.05, 0.1) is 0 Å². The molecule has 1 aromatic carbocycles. The predicted molar refractivity (Wildman–Crippen MR) is 67.0 cm³/mol. The van der Waals surface area contributed by atoms with Crippen molar-refractivity contribution in [1.82, 2.24) is 5.32 Å². The zero-order chi connectivity index (χ0) is 13.1. The molecule has 2 atom stereocenters. The number of hydrogen-bond acceptors (Lipinski definition) is 2. The molecule has 0 saturated carbocycles. The fourth-order valence-electron chi connectivity index (χ4n) is 2.50. The summed E-state index contributed by atoms with van der Waals surface area (Å²) in [6.45, 7) is 1.95. The van der Waals surface area contributed by atoms with Crippen LogP contribution in [0.4, 0.5) is 4.39 Å². The molecule has 2 rings (SSSR count). The maximum atomic E-state index is 13.2. The molecule has 1 heterocycles. The molecule has 4 heteroatoms. The van der Waals surface area contributed by atoms with Gasteiger partial charge in [0.1, 0.15) is 11.9 Å². The van der Waals surface area contributed by atoms with Crippen LogP contribution < -0.4 is 5.32 Å². The topological polar surface area (TPSA) is 49.3 Å². The highest BCUT2D eigenvalue weighted by molar-refractivity contribution is 5.73.